The number of ether oxygens (including phenoxy) is 2. The monoisotopic (exact) mass is 314 g/mol. The molecule has 23 heavy (non-hydrogen) atoms. The molecule has 3 rings (SSSR count). The smallest absolute Gasteiger partial charge is 0.138 e. The van der Waals surface area contributed by atoms with Gasteiger partial charge in [0.2, 0.25) is 0 Å². The van der Waals surface area contributed by atoms with Gasteiger partial charge in [0.1, 0.15) is 24.0 Å². The molecule has 2 aromatic rings. The summed E-state index contributed by atoms with van der Waals surface area (Å²) in [5.74, 6) is 1.32. The summed E-state index contributed by atoms with van der Waals surface area (Å²) in [4.78, 5) is 4.48. The number of para-hydroxylation sites is 1. The van der Waals surface area contributed by atoms with Crippen molar-refractivity contribution < 1.29 is 13.9 Å². The van der Waals surface area contributed by atoms with Gasteiger partial charge in [0, 0.05) is 19.2 Å². The van der Waals surface area contributed by atoms with Crippen LogP contribution in [0.15, 0.2) is 47.5 Å². The molecule has 0 atom stereocenters. The Morgan fingerprint density at radius 1 is 1.09 bits per heavy atom. The standard InChI is InChI=1S/C18H19FN2O2/c1-22-11-12-23-17-15(13-5-7-14(19)8-6-13)3-2-4-16(17)18-20-9-10-21-18/h2-8H,9-12H2,1H3,(H,20,21). The van der Waals surface area contributed by atoms with E-state index in [4.69, 9.17) is 9.47 Å². The van der Waals surface area contributed by atoms with Gasteiger partial charge in [0.05, 0.1) is 18.7 Å². The van der Waals surface area contributed by atoms with E-state index in [9.17, 15) is 4.39 Å². The van der Waals surface area contributed by atoms with Gasteiger partial charge in [-0.3, -0.25) is 4.99 Å². The highest BCUT2D eigenvalue weighted by Gasteiger charge is 2.18. The maximum atomic E-state index is 13.2. The van der Waals surface area contributed by atoms with E-state index in [2.05, 4.69) is 10.3 Å². The van der Waals surface area contributed by atoms with E-state index < -0.39 is 0 Å². The van der Waals surface area contributed by atoms with Gasteiger partial charge in [-0.15, -0.1) is 0 Å². The first kappa shape index (κ1) is 15.5. The number of hydrogen-bond donors (Lipinski definition) is 1. The first-order valence-electron chi connectivity index (χ1n) is 7.59. The molecule has 0 saturated carbocycles. The third kappa shape index (κ3) is 3.51. The predicted octanol–water partition coefficient (Wildman–Crippen LogP) is 2.87. The fourth-order valence-electron chi connectivity index (χ4n) is 2.54. The number of nitrogens with one attached hydrogen (secondary N) is 1. The van der Waals surface area contributed by atoms with E-state index in [0.717, 1.165) is 41.4 Å². The van der Waals surface area contributed by atoms with Crippen molar-refractivity contribution in [2.45, 2.75) is 0 Å². The van der Waals surface area contributed by atoms with Crippen molar-refractivity contribution in [3.63, 3.8) is 0 Å². The summed E-state index contributed by atoms with van der Waals surface area (Å²) in [6.45, 7) is 2.52. The highest BCUT2D eigenvalue weighted by Crippen LogP contribution is 2.34. The van der Waals surface area contributed by atoms with Crippen LogP contribution in [0.25, 0.3) is 11.1 Å². The summed E-state index contributed by atoms with van der Waals surface area (Å²) in [6, 6.07) is 12.3. The van der Waals surface area contributed by atoms with Gasteiger partial charge in [-0.1, -0.05) is 24.3 Å². The first-order chi connectivity index (χ1) is 11.3. The Balaban J connectivity index is 2.03. The highest BCUT2D eigenvalue weighted by atomic mass is 19.1. The predicted molar refractivity (Wildman–Crippen MR) is 88.6 cm³/mol. The van der Waals surface area contributed by atoms with Crippen LogP contribution in [0.5, 0.6) is 5.75 Å². The molecule has 0 saturated heterocycles. The molecule has 0 bridgehead atoms. The van der Waals surface area contributed by atoms with Crippen LogP contribution in [0, 0.1) is 5.82 Å². The molecule has 1 N–H and O–H groups in total. The van der Waals surface area contributed by atoms with Crippen molar-refractivity contribution in [3.8, 4) is 16.9 Å². The number of aliphatic imine (C=N–C) groups is 1. The summed E-state index contributed by atoms with van der Waals surface area (Å²) in [6.07, 6.45) is 0. The summed E-state index contributed by atoms with van der Waals surface area (Å²) in [5.41, 5.74) is 2.73. The third-order valence-corrected chi connectivity index (χ3v) is 3.63. The Morgan fingerprint density at radius 2 is 1.87 bits per heavy atom. The van der Waals surface area contributed by atoms with Crippen LogP contribution in [0.4, 0.5) is 4.39 Å². The van der Waals surface area contributed by atoms with Crippen LogP contribution in [0.2, 0.25) is 0 Å². The molecule has 2 aromatic carbocycles. The minimum absolute atomic E-state index is 0.256. The quantitative estimate of drug-likeness (QED) is 0.834. The molecule has 0 aliphatic carbocycles. The number of amidine groups is 1. The molecule has 0 aromatic heterocycles. The minimum atomic E-state index is -0.256. The zero-order valence-corrected chi connectivity index (χ0v) is 13.0. The fraction of sp³-hybridized carbons (Fsp3) is 0.278. The zero-order chi connectivity index (χ0) is 16.1. The molecule has 0 radical (unpaired) electrons. The number of hydrogen-bond acceptors (Lipinski definition) is 4. The lowest BCUT2D eigenvalue weighted by molar-refractivity contribution is 0.146. The number of nitrogens with zero attached hydrogens (tertiary/aromatic N) is 1. The Bertz CT molecular complexity index is 699. The maximum absolute atomic E-state index is 13.2. The Kier molecular flexibility index (Phi) is 4.88. The van der Waals surface area contributed by atoms with Crippen LogP contribution in [-0.2, 0) is 4.74 Å². The second kappa shape index (κ2) is 7.24. The zero-order valence-electron chi connectivity index (χ0n) is 13.0. The molecular formula is C18H19FN2O2. The molecule has 120 valence electrons. The van der Waals surface area contributed by atoms with Gasteiger partial charge in [0.15, 0.2) is 0 Å². The molecule has 1 heterocycles. The Labute approximate surface area is 135 Å². The lowest BCUT2D eigenvalue weighted by Gasteiger charge is -2.16. The lowest BCUT2D eigenvalue weighted by Crippen LogP contribution is -2.21. The minimum Gasteiger partial charge on any atom is -0.490 e. The molecule has 4 nitrogen and oxygen atoms in total. The fourth-order valence-corrected chi connectivity index (χ4v) is 2.54. The van der Waals surface area contributed by atoms with E-state index in [0.29, 0.717) is 13.2 Å². The van der Waals surface area contributed by atoms with Crippen molar-refractivity contribution in [2.75, 3.05) is 33.4 Å². The van der Waals surface area contributed by atoms with E-state index in [1.807, 2.05) is 18.2 Å². The van der Waals surface area contributed by atoms with Crippen LogP contribution in [0.3, 0.4) is 0 Å². The van der Waals surface area contributed by atoms with Crippen molar-refractivity contribution in [1.82, 2.24) is 5.32 Å². The number of benzene rings is 2. The summed E-state index contributed by atoms with van der Waals surface area (Å²) in [7, 11) is 1.64. The van der Waals surface area contributed by atoms with Gasteiger partial charge in [-0.05, 0) is 23.8 Å². The second-order valence-corrected chi connectivity index (χ2v) is 5.19. The Hall–Kier alpha value is -2.40. The van der Waals surface area contributed by atoms with Crippen LogP contribution < -0.4 is 10.1 Å². The molecular weight excluding hydrogens is 295 g/mol. The Morgan fingerprint density at radius 3 is 2.57 bits per heavy atom. The highest BCUT2D eigenvalue weighted by molar-refractivity contribution is 6.04. The van der Waals surface area contributed by atoms with Crippen LogP contribution in [0.1, 0.15) is 5.56 Å². The third-order valence-electron chi connectivity index (χ3n) is 3.63. The molecule has 0 fully saturated rings. The molecule has 5 heteroatoms. The van der Waals surface area contributed by atoms with Gasteiger partial charge in [-0.2, -0.15) is 0 Å². The number of rotatable bonds is 6. The normalized spacial score (nSPS) is 13.6. The van der Waals surface area contributed by atoms with Crippen molar-refractivity contribution in [1.29, 1.82) is 0 Å². The van der Waals surface area contributed by atoms with Crippen molar-refractivity contribution in [2.24, 2.45) is 4.99 Å². The van der Waals surface area contributed by atoms with Gasteiger partial charge < -0.3 is 14.8 Å². The molecule has 0 amide bonds. The lowest BCUT2D eigenvalue weighted by atomic mass is 10.0. The summed E-state index contributed by atoms with van der Waals surface area (Å²) < 4.78 is 24.2. The number of halogens is 1. The van der Waals surface area contributed by atoms with Crippen LogP contribution in [-0.4, -0.2) is 39.2 Å². The molecule has 1 aliphatic rings. The van der Waals surface area contributed by atoms with Gasteiger partial charge in [0.25, 0.3) is 0 Å². The van der Waals surface area contributed by atoms with E-state index in [-0.39, 0.29) is 5.82 Å². The van der Waals surface area contributed by atoms with Crippen LogP contribution >= 0.6 is 0 Å². The molecule has 1 aliphatic heterocycles. The van der Waals surface area contributed by atoms with Crippen molar-refractivity contribution >= 4 is 5.84 Å². The molecule has 0 unspecified atom stereocenters. The van der Waals surface area contributed by atoms with E-state index in [1.54, 1.807) is 19.2 Å². The van der Waals surface area contributed by atoms with E-state index in [1.165, 1.54) is 12.1 Å². The SMILES string of the molecule is COCCOc1c(C2=NCCN2)cccc1-c1ccc(F)cc1. The van der Waals surface area contributed by atoms with Gasteiger partial charge in [-0.25, -0.2) is 4.39 Å². The van der Waals surface area contributed by atoms with Gasteiger partial charge >= 0.3 is 0 Å². The topological polar surface area (TPSA) is 42.9 Å². The average molecular weight is 314 g/mol. The average Bonchev–Trinajstić information content (AvgIpc) is 3.10. The van der Waals surface area contributed by atoms with Crippen molar-refractivity contribution in [3.05, 3.63) is 53.8 Å². The second-order valence-electron chi connectivity index (χ2n) is 5.19. The molecule has 0 spiro atoms. The number of methoxy groups -OCH3 is 1. The summed E-state index contributed by atoms with van der Waals surface area (Å²) >= 11 is 0. The van der Waals surface area contributed by atoms with E-state index >= 15 is 0 Å². The summed E-state index contributed by atoms with van der Waals surface area (Å²) in [5, 5.41) is 3.27. The largest absolute Gasteiger partial charge is 0.490 e. The maximum Gasteiger partial charge on any atom is 0.138 e. The first-order valence-corrected chi connectivity index (χ1v) is 7.59.